The maximum absolute atomic E-state index is 12.7. The summed E-state index contributed by atoms with van der Waals surface area (Å²) in [6.07, 6.45) is 0.144. The van der Waals surface area contributed by atoms with Crippen LogP contribution in [0.25, 0.3) is 0 Å². The molecule has 1 N–H and O–H groups in total. The summed E-state index contributed by atoms with van der Waals surface area (Å²) < 4.78 is 11.4. The van der Waals surface area contributed by atoms with E-state index in [4.69, 9.17) is 9.47 Å². The van der Waals surface area contributed by atoms with Gasteiger partial charge in [-0.25, -0.2) is 4.79 Å². The van der Waals surface area contributed by atoms with E-state index in [1.165, 1.54) is 4.90 Å². The van der Waals surface area contributed by atoms with Crippen molar-refractivity contribution in [1.29, 1.82) is 0 Å². The van der Waals surface area contributed by atoms with Crippen LogP contribution in [0, 0.1) is 11.8 Å². The highest BCUT2D eigenvalue weighted by Gasteiger charge is 2.45. The Hall–Kier alpha value is -2.81. The molecule has 2 saturated heterocycles. The number of ether oxygens (including phenoxy) is 2. The molecule has 1 aromatic carbocycles. The molecule has 4 atom stereocenters. The maximum Gasteiger partial charge on any atom is 0.327 e. The number of para-hydroxylation sites is 2. The molecule has 4 rings (SSSR count). The van der Waals surface area contributed by atoms with Crippen molar-refractivity contribution in [2.45, 2.75) is 25.0 Å². The number of fused-ring (bicyclic) bond motifs is 1. The van der Waals surface area contributed by atoms with Crippen molar-refractivity contribution in [3.8, 4) is 11.5 Å². The SMILES string of the molecule is COc1ccccc1O[C@@H]1C[C@@H]2CN(C(=O)CN3C(=O)CN(C)C3=O)C[C@@H]2C[C@H]1O. The van der Waals surface area contributed by atoms with E-state index in [2.05, 4.69) is 0 Å². The molecule has 0 unspecified atom stereocenters. The fourth-order valence-electron chi connectivity index (χ4n) is 4.66. The zero-order valence-corrected chi connectivity index (χ0v) is 17.2. The standard InChI is InChI=1S/C21H27N3O6/c1-22-11-20(27)24(21(22)28)12-19(26)23-9-13-7-15(25)18(8-14(13)10-23)30-17-6-4-3-5-16(17)29-2/h3-6,13-15,18,25H,7-12H2,1-2H3/t13-,14+,15+,18+/m0/s1. The van der Waals surface area contributed by atoms with Gasteiger partial charge in [-0.2, -0.15) is 0 Å². The minimum atomic E-state index is -0.637. The number of likely N-dealkylation sites (N-methyl/N-ethyl adjacent to an activating group) is 1. The topological polar surface area (TPSA) is 99.6 Å². The summed E-state index contributed by atoms with van der Waals surface area (Å²) >= 11 is 0. The molecule has 0 spiro atoms. The van der Waals surface area contributed by atoms with E-state index in [0.717, 1.165) is 4.90 Å². The number of hydrogen-bond acceptors (Lipinski definition) is 6. The lowest BCUT2D eigenvalue weighted by atomic mass is 9.78. The molecule has 1 aromatic rings. The monoisotopic (exact) mass is 417 g/mol. The van der Waals surface area contributed by atoms with Gasteiger partial charge in [-0.15, -0.1) is 0 Å². The van der Waals surface area contributed by atoms with Crippen LogP contribution in [0.5, 0.6) is 11.5 Å². The Morgan fingerprint density at radius 2 is 1.80 bits per heavy atom. The van der Waals surface area contributed by atoms with Crippen LogP contribution < -0.4 is 9.47 Å². The highest BCUT2D eigenvalue weighted by Crippen LogP contribution is 2.39. The molecule has 9 nitrogen and oxygen atoms in total. The molecule has 3 aliphatic rings. The van der Waals surface area contributed by atoms with Crippen molar-refractivity contribution in [3.05, 3.63) is 24.3 Å². The first kappa shape index (κ1) is 20.5. The highest BCUT2D eigenvalue weighted by atomic mass is 16.5. The van der Waals surface area contributed by atoms with Crippen LogP contribution in [-0.2, 0) is 9.59 Å². The molecule has 0 radical (unpaired) electrons. The van der Waals surface area contributed by atoms with E-state index in [1.54, 1.807) is 19.1 Å². The zero-order chi connectivity index (χ0) is 21.4. The van der Waals surface area contributed by atoms with Crippen LogP contribution in [0.4, 0.5) is 4.79 Å². The molecule has 2 aliphatic heterocycles. The zero-order valence-electron chi connectivity index (χ0n) is 17.2. The van der Waals surface area contributed by atoms with E-state index in [-0.39, 0.29) is 42.8 Å². The molecule has 1 aliphatic carbocycles. The van der Waals surface area contributed by atoms with Gasteiger partial charge in [0.15, 0.2) is 11.5 Å². The number of benzene rings is 1. The maximum atomic E-state index is 12.7. The minimum Gasteiger partial charge on any atom is -0.493 e. The van der Waals surface area contributed by atoms with Crippen molar-refractivity contribution < 1.29 is 29.0 Å². The number of aliphatic hydroxyl groups is 1. The number of imide groups is 1. The molecule has 162 valence electrons. The quantitative estimate of drug-likeness (QED) is 0.703. The molecule has 2 heterocycles. The van der Waals surface area contributed by atoms with Gasteiger partial charge in [0.25, 0.3) is 5.91 Å². The summed E-state index contributed by atoms with van der Waals surface area (Å²) in [5.74, 6) is 0.980. The van der Waals surface area contributed by atoms with Gasteiger partial charge in [0.1, 0.15) is 19.2 Å². The number of rotatable bonds is 5. The summed E-state index contributed by atoms with van der Waals surface area (Å²) in [6, 6.07) is 6.88. The number of aliphatic hydroxyl groups excluding tert-OH is 1. The van der Waals surface area contributed by atoms with Crippen molar-refractivity contribution in [2.75, 3.05) is 40.3 Å². The number of carbonyl (C=O) groups excluding carboxylic acids is 3. The lowest BCUT2D eigenvalue weighted by Gasteiger charge is -2.35. The fraction of sp³-hybridized carbons (Fsp3) is 0.571. The first-order valence-corrected chi connectivity index (χ1v) is 10.2. The Bertz CT molecular complexity index is 846. The second-order valence-corrected chi connectivity index (χ2v) is 8.28. The predicted octanol–water partition coefficient (Wildman–Crippen LogP) is 0.566. The number of urea groups is 1. The van der Waals surface area contributed by atoms with Crippen LogP contribution >= 0.6 is 0 Å². The molecule has 3 fully saturated rings. The number of likely N-dealkylation sites (tertiary alicyclic amines) is 1. The average Bonchev–Trinajstić information content (AvgIpc) is 3.24. The average molecular weight is 417 g/mol. The van der Waals surface area contributed by atoms with Crippen LogP contribution in [0.1, 0.15) is 12.8 Å². The van der Waals surface area contributed by atoms with Crippen LogP contribution in [0.2, 0.25) is 0 Å². The van der Waals surface area contributed by atoms with E-state index in [1.807, 2.05) is 24.3 Å². The number of amides is 4. The Labute approximate surface area is 175 Å². The number of methoxy groups -OCH3 is 1. The molecule has 9 heteroatoms. The Morgan fingerprint density at radius 3 is 2.43 bits per heavy atom. The van der Waals surface area contributed by atoms with Crippen molar-refractivity contribution in [2.24, 2.45) is 11.8 Å². The summed E-state index contributed by atoms with van der Waals surface area (Å²) in [5, 5.41) is 10.6. The minimum absolute atomic E-state index is 0.00548. The first-order chi connectivity index (χ1) is 14.4. The van der Waals surface area contributed by atoms with Crippen LogP contribution in [0.3, 0.4) is 0 Å². The van der Waals surface area contributed by atoms with E-state index < -0.39 is 12.1 Å². The fourth-order valence-corrected chi connectivity index (χ4v) is 4.66. The van der Waals surface area contributed by atoms with Crippen LogP contribution in [-0.4, -0.2) is 90.2 Å². The van der Waals surface area contributed by atoms with Gasteiger partial charge in [-0.3, -0.25) is 14.5 Å². The second kappa shape index (κ2) is 8.14. The molecule has 4 amide bonds. The molecule has 0 bridgehead atoms. The number of hydrogen-bond donors (Lipinski definition) is 1. The molecule has 30 heavy (non-hydrogen) atoms. The summed E-state index contributed by atoms with van der Waals surface area (Å²) in [7, 11) is 3.11. The summed E-state index contributed by atoms with van der Waals surface area (Å²) in [5.41, 5.74) is 0. The molecule has 1 saturated carbocycles. The van der Waals surface area contributed by atoms with Gasteiger partial charge in [0, 0.05) is 20.1 Å². The smallest absolute Gasteiger partial charge is 0.327 e. The second-order valence-electron chi connectivity index (χ2n) is 8.28. The normalized spacial score (nSPS) is 28.7. The third kappa shape index (κ3) is 3.81. The Kier molecular flexibility index (Phi) is 5.55. The highest BCUT2D eigenvalue weighted by molar-refractivity contribution is 6.04. The largest absolute Gasteiger partial charge is 0.493 e. The third-order valence-corrected chi connectivity index (χ3v) is 6.31. The van der Waals surface area contributed by atoms with Gasteiger partial charge in [-0.1, -0.05) is 12.1 Å². The summed E-state index contributed by atoms with van der Waals surface area (Å²) in [6.45, 7) is 0.832. The molecule has 0 aromatic heterocycles. The Morgan fingerprint density at radius 1 is 1.13 bits per heavy atom. The molecular formula is C21H27N3O6. The van der Waals surface area contributed by atoms with Gasteiger partial charge < -0.3 is 24.4 Å². The van der Waals surface area contributed by atoms with E-state index in [9.17, 15) is 19.5 Å². The van der Waals surface area contributed by atoms with Crippen molar-refractivity contribution in [3.63, 3.8) is 0 Å². The van der Waals surface area contributed by atoms with Gasteiger partial charge in [-0.05, 0) is 36.8 Å². The lowest BCUT2D eigenvalue weighted by molar-refractivity contribution is -0.136. The number of nitrogens with zero attached hydrogens (tertiary/aromatic N) is 3. The van der Waals surface area contributed by atoms with Crippen LogP contribution in [0.15, 0.2) is 24.3 Å². The first-order valence-electron chi connectivity index (χ1n) is 10.2. The van der Waals surface area contributed by atoms with Crippen molar-refractivity contribution >= 4 is 17.8 Å². The number of carbonyl (C=O) groups is 3. The van der Waals surface area contributed by atoms with Gasteiger partial charge >= 0.3 is 6.03 Å². The third-order valence-electron chi connectivity index (χ3n) is 6.31. The summed E-state index contributed by atoms with van der Waals surface area (Å²) in [4.78, 5) is 40.7. The Balaban J connectivity index is 1.37. The molecular weight excluding hydrogens is 390 g/mol. The van der Waals surface area contributed by atoms with Crippen molar-refractivity contribution in [1.82, 2.24) is 14.7 Å². The lowest BCUT2D eigenvalue weighted by Crippen LogP contribution is -2.42. The van der Waals surface area contributed by atoms with E-state index in [0.29, 0.717) is 37.4 Å². The van der Waals surface area contributed by atoms with Gasteiger partial charge in [0.05, 0.1) is 13.2 Å². The van der Waals surface area contributed by atoms with Gasteiger partial charge in [0.2, 0.25) is 5.91 Å². The van der Waals surface area contributed by atoms with E-state index >= 15 is 0 Å². The predicted molar refractivity (Wildman–Crippen MR) is 106 cm³/mol.